The van der Waals surface area contributed by atoms with Crippen LogP contribution in [0.25, 0.3) is 10.6 Å². The summed E-state index contributed by atoms with van der Waals surface area (Å²) in [5.41, 5.74) is 3.99. The van der Waals surface area contributed by atoms with Gasteiger partial charge in [-0.1, -0.05) is 24.3 Å². The largest absolute Gasteiger partial charge is 0.379 e. The molecule has 0 unspecified atom stereocenters. The van der Waals surface area contributed by atoms with Crippen molar-refractivity contribution >= 4 is 34.7 Å². The summed E-state index contributed by atoms with van der Waals surface area (Å²) >= 11 is 3.24. The lowest BCUT2D eigenvalue weighted by molar-refractivity contribution is -0.115. The molecule has 0 spiro atoms. The molecule has 1 fully saturated rings. The molecule has 0 radical (unpaired) electrons. The maximum atomic E-state index is 12.4. The number of carbonyl (C=O) groups excluding carboxylic acids is 1. The van der Waals surface area contributed by atoms with Crippen molar-refractivity contribution in [3.8, 4) is 10.6 Å². The average Bonchev–Trinajstić information content (AvgIpc) is 3.23. The second-order valence-corrected chi connectivity index (χ2v) is 8.93. The van der Waals surface area contributed by atoms with Crippen molar-refractivity contribution in [2.75, 3.05) is 37.9 Å². The summed E-state index contributed by atoms with van der Waals surface area (Å²) in [6.45, 7) is 4.48. The van der Waals surface area contributed by atoms with E-state index in [-0.39, 0.29) is 12.3 Å². The minimum Gasteiger partial charge on any atom is -0.379 e. The zero-order valence-corrected chi connectivity index (χ0v) is 18.6. The number of benzene rings is 2. The average molecular weight is 440 g/mol. The molecule has 4 rings (SSSR count). The van der Waals surface area contributed by atoms with Gasteiger partial charge in [-0.15, -0.1) is 23.1 Å². The van der Waals surface area contributed by atoms with Crippen LogP contribution in [0.5, 0.6) is 0 Å². The molecule has 1 aliphatic rings. The maximum absolute atomic E-state index is 12.4. The third kappa shape index (κ3) is 5.70. The molecule has 1 N–H and O–H groups in total. The fraction of sp³-hybridized carbons (Fsp3) is 0.304. The molecule has 5 nitrogen and oxygen atoms in total. The van der Waals surface area contributed by atoms with Gasteiger partial charge in [-0.3, -0.25) is 9.69 Å². The Hall–Kier alpha value is -2.19. The molecular formula is C23H25N3O2S2. The number of morpholine rings is 1. The fourth-order valence-electron chi connectivity index (χ4n) is 3.41. The highest BCUT2D eigenvalue weighted by Gasteiger charge is 2.13. The molecule has 7 heteroatoms. The summed E-state index contributed by atoms with van der Waals surface area (Å²) in [6.07, 6.45) is 2.29. The van der Waals surface area contributed by atoms with Crippen molar-refractivity contribution in [3.05, 3.63) is 65.2 Å². The highest BCUT2D eigenvalue weighted by atomic mass is 32.2. The van der Waals surface area contributed by atoms with E-state index in [2.05, 4.69) is 34.5 Å². The molecule has 1 saturated heterocycles. The Bertz CT molecular complexity index is 999. The lowest BCUT2D eigenvalue weighted by Gasteiger charge is -2.26. The second kappa shape index (κ2) is 10.2. The van der Waals surface area contributed by atoms with Crippen LogP contribution in [0.4, 0.5) is 5.69 Å². The van der Waals surface area contributed by atoms with Crippen LogP contribution in [0.2, 0.25) is 0 Å². The van der Waals surface area contributed by atoms with E-state index in [1.54, 1.807) is 23.1 Å². The van der Waals surface area contributed by atoms with Crippen molar-refractivity contribution in [2.24, 2.45) is 0 Å². The van der Waals surface area contributed by atoms with E-state index >= 15 is 0 Å². The van der Waals surface area contributed by atoms with Gasteiger partial charge >= 0.3 is 0 Å². The molecule has 1 amide bonds. The number of aromatic nitrogens is 1. The van der Waals surface area contributed by atoms with E-state index in [0.717, 1.165) is 59.7 Å². The van der Waals surface area contributed by atoms with Crippen LogP contribution in [0.1, 0.15) is 11.3 Å². The van der Waals surface area contributed by atoms with Crippen LogP contribution in [0, 0.1) is 0 Å². The Morgan fingerprint density at radius 3 is 2.87 bits per heavy atom. The molecule has 0 bridgehead atoms. The van der Waals surface area contributed by atoms with Crippen molar-refractivity contribution in [2.45, 2.75) is 17.9 Å². The number of nitrogens with one attached hydrogen (secondary N) is 1. The van der Waals surface area contributed by atoms with Gasteiger partial charge in [-0.05, 0) is 36.1 Å². The molecule has 0 atom stereocenters. The van der Waals surface area contributed by atoms with Gasteiger partial charge in [-0.25, -0.2) is 4.98 Å². The van der Waals surface area contributed by atoms with Crippen LogP contribution in [0.3, 0.4) is 0 Å². The van der Waals surface area contributed by atoms with Crippen molar-refractivity contribution in [1.29, 1.82) is 0 Å². The van der Waals surface area contributed by atoms with Gasteiger partial charge in [0.25, 0.3) is 0 Å². The molecule has 156 valence electrons. The normalized spacial score (nSPS) is 14.6. The minimum absolute atomic E-state index is 0.0498. The van der Waals surface area contributed by atoms with Gasteiger partial charge in [0.05, 0.1) is 25.3 Å². The van der Waals surface area contributed by atoms with Gasteiger partial charge in [0.15, 0.2) is 0 Å². The number of thioether (sulfide) groups is 1. The Balaban J connectivity index is 1.38. The standard InChI is InChI=1S/C23H25N3O2S2/c1-29-21-7-3-6-19(13-21)24-22(27)14-20-16-30-23(25-20)18-5-2-4-17(12-18)15-26-8-10-28-11-9-26/h2-7,12-13,16H,8-11,14-15H2,1H3,(H,24,27). The first-order chi connectivity index (χ1) is 14.7. The summed E-state index contributed by atoms with van der Waals surface area (Å²) in [5.74, 6) is -0.0498. The van der Waals surface area contributed by atoms with E-state index in [0.29, 0.717) is 0 Å². The fourth-order valence-corrected chi connectivity index (χ4v) is 4.69. The first-order valence-corrected chi connectivity index (χ1v) is 12.1. The van der Waals surface area contributed by atoms with E-state index in [9.17, 15) is 4.79 Å². The summed E-state index contributed by atoms with van der Waals surface area (Å²) in [4.78, 5) is 20.7. The molecule has 1 aliphatic heterocycles. The number of carbonyl (C=O) groups is 1. The summed E-state index contributed by atoms with van der Waals surface area (Å²) in [5, 5.41) is 5.89. The van der Waals surface area contributed by atoms with Crippen LogP contribution < -0.4 is 5.32 Å². The Morgan fingerprint density at radius 2 is 2.03 bits per heavy atom. The third-order valence-electron chi connectivity index (χ3n) is 4.93. The number of amides is 1. The lowest BCUT2D eigenvalue weighted by Crippen LogP contribution is -2.35. The summed E-state index contributed by atoms with van der Waals surface area (Å²) in [7, 11) is 0. The van der Waals surface area contributed by atoms with Crippen molar-refractivity contribution in [1.82, 2.24) is 9.88 Å². The van der Waals surface area contributed by atoms with Crippen LogP contribution in [0.15, 0.2) is 58.8 Å². The van der Waals surface area contributed by atoms with Gasteiger partial charge in [0, 0.05) is 41.2 Å². The molecule has 0 aliphatic carbocycles. The van der Waals surface area contributed by atoms with Gasteiger partial charge in [-0.2, -0.15) is 0 Å². The molecule has 2 heterocycles. The molecule has 30 heavy (non-hydrogen) atoms. The molecule has 0 saturated carbocycles. The lowest BCUT2D eigenvalue weighted by atomic mass is 10.1. The second-order valence-electron chi connectivity index (χ2n) is 7.19. The highest BCUT2D eigenvalue weighted by molar-refractivity contribution is 7.98. The van der Waals surface area contributed by atoms with Gasteiger partial charge in [0.1, 0.15) is 5.01 Å². The Labute approximate surface area is 185 Å². The topological polar surface area (TPSA) is 54.5 Å². The molecule has 3 aromatic rings. The predicted octanol–water partition coefficient (Wildman–Crippen LogP) is 4.55. The summed E-state index contributed by atoms with van der Waals surface area (Å²) < 4.78 is 5.43. The number of rotatable bonds is 7. The first kappa shape index (κ1) is 21.1. The monoisotopic (exact) mass is 439 g/mol. The van der Waals surface area contributed by atoms with Crippen LogP contribution in [-0.4, -0.2) is 48.4 Å². The van der Waals surface area contributed by atoms with Gasteiger partial charge < -0.3 is 10.1 Å². The highest BCUT2D eigenvalue weighted by Crippen LogP contribution is 2.26. The Kier molecular flexibility index (Phi) is 7.17. The number of hydrogen-bond donors (Lipinski definition) is 1. The van der Waals surface area contributed by atoms with Crippen LogP contribution in [-0.2, 0) is 22.5 Å². The molecule has 2 aromatic carbocycles. The molecular weight excluding hydrogens is 414 g/mol. The van der Waals surface area contributed by atoms with E-state index in [4.69, 9.17) is 9.72 Å². The smallest absolute Gasteiger partial charge is 0.230 e. The predicted molar refractivity (Wildman–Crippen MR) is 124 cm³/mol. The number of nitrogens with zero attached hydrogens (tertiary/aromatic N) is 2. The van der Waals surface area contributed by atoms with E-state index < -0.39 is 0 Å². The maximum Gasteiger partial charge on any atom is 0.230 e. The Morgan fingerprint density at radius 1 is 1.20 bits per heavy atom. The van der Waals surface area contributed by atoms with Crippen molar-refractivity contribution in [3.63, 3.8) is 0 Å². The van der Waals surface area contributed by atoms with E-state index in [1.165, 1.54) is 5.56 Å². The van der Waals surface area contributed by atoms with Gasteiger partial charge in [0.2, 0.25) is 5.91 Å². The number of hydrogen-bond acceptors (Lipinski definition) is 6. The van der Waals surface area contributed by atoms with Crippen molar-refractivity contribution < 1.29 is 9.53 Å². The van der Waals surface area contributed by atoms with Crippen LogP contribution >= 0.6 is 23.1 Å². The quantitative estimate of drug-likeness (QED) is 0.548. The zero-order valence-electron chi connectivity index (χ0n) is 17.0. The number of thiazole rings is 1. The summed E-state index contributed by atoms with van der Waals surface area (Å²) in [6, 6.07) is 16.4. The number of anilines is 1. The SMILES string of the molecule is CSc1cccc(NC(=O)Cc2csc(-c3cccc(CN4CCOCC4)c3)n2)c1. The minimum atomic E-state index is -0.0498. The molecule has 1 aromatic heterocycles. The number of ether oxygens (including phenoxy) is 1. The van der Waals surface area contributed by atoms with E-state index in [1.807, 2.05) is 35.9 Å². The first-order valence-electron chi connectivity index (χ1n) is 9.97. The zero-order chi connectivity index (χ0) is 20.8. The third-order valence-corrected chi connectivity index (χ3v) is 6.60.